The number of carbonyl (C=O) groups excluding carboxylic acids is 2. The summed E-state index contributed by atoms with van der Waals surface area (Å²) in [5.74, 6) is -1.91. The van der Waals surface area contributed by atoms with Gasteiger partial charge in [-0.3, -0.25) is 4.79 Å². The van der Waals surface area contributed by atoms with Gasteiger partial charge in [-0.25, -0.2) is 22.9 Å². The van der Waals surface area contributed by atoms with Crippen molar-refractivity contribution in [1.82, 2.24) is 15.3 Å². The molecule has 0 aliphatic carbocycles. The van der Waals surface area contributed by atoms with Crippen LogP contribution >= 0.6 is 0 Å². The molecular formula is C24H16F3N5O2. The molecule has 0 fully saturated rings. The van der Waals surface area contributed by atoms with Gasteiger partial charge in [0.05, 0.1) is 11.3 Å². The van der Waals surface area contributed by atoms with Crippen LogP contribution in [0.15, 0.2) is 60.9 Å². The number of halogens is 3. The summed E-state index contributed by atoms with van der Waals surface area (Å²) < 4.78 is 42.1. The van der Waals surface area contributed by atoms with Crippen LogP contribution in [0, 0.1) is 17.5 Å². The van der Waals surface area contributed by atoms with Crippen molar-refractivity contribution in [2.75, 3.05) is 10.6 Å². The summed E-state index contributed by atoms with van der Waals surface area (Å²) in [7, 11) is 0. The van der Waals surface area contributed by atoms with Crippen LogP contribution in [0.2, 0.25) is 0 Å². The van der Waals surface area contributed by atoms with Gasteiger partial charge in [0.25, 0.3) is 5.91 Å². The van der Waals surface area contributed by atoms with Crippen molar-refractivity contribution in [3.05, 3.63) is 89.5 Å². The molecule has 0 saturated heterocycles. The molecule has 1 aliphatic rings. The summed E-state index contributed by atoms with van der Waals surface area (Å²) in [4.78, 5) is 31.8. The second-order valence-corrected chi connectivity index (χ2v) is 7.53. The first kappa shape index (κ1) is 21.3. The third kappa shape index (κ3) is 3.85. The van der Waals surface area contributed by atoms with Crippen molar-refractivity contribution in [2.45, 2.75) is 6.54 Å². The quantitative estimate of drug-likeness (QED) is 0.341. The molecule has 1 aromatic heterocycles. The Morgan fingerprint density at radius 1 is 0.912 bits per heavy atom. The molecule has 3 aromatic carbocycles. The van der Waals surface area contributed by atoms with E-state index in [-0.39, 0.29) is 29.4 Å². The fourth-order valence-electron chi connectivity index (χ4n) is 3.90. The molecule has 4 aromatic rings. The van der Waals surface area contributed by atoms with E-state index in [1.165, 1.54) is 12.1 Å². The summed E-state index contributed by atoms with van der Waals surface area (Å²) >= 11 is 0. The number of benzene rings is 3. The van der Waals surface area contributed by atoms with Crippen molar-refractivity contribution in [2.24, 2.45) is 0 Å². The lowest BCUT2D eigenvalue weighted by Gasteiger charge is -2.13. The average molecular weight is 463 g/mol. The number of amides is 3. The lowest BCUT2D eigenvalue weighted by atomic mass is 9.92. The molecule has 0 saturated carbocycles. The number of imidazole rings is 1. The topological polar surface area (TPSA) is 98.9 Å². The molecule has 2 heterocycles. The van der Waals surface area contributed by atoms with Gasteiger partial charge in [0.15, 0.2) is 0 Å². The van der Waals surface area contributed by atoms with Gasteiger partial charge >= 0.3 is 6.03 Å². The minimum atomic E-state index is -0.866. The smallest absolute Gasteiger partial charge is 0.323 e. The Morgan fingerprint density at radius 2 is 1.71 bits per heavy atom. The van der Waals surface area contributed by atoms with E-state index in [1.807, 2.05) is 0 Å². The van der Waals surface area contributed by atoms with E-state index in [4.69, 9.17) is 0 Å². The number of fused-ring (bicyclic) bond motifs is 1. The number of hydrogen-bond acceptors (Lipinski definition) is 3. The Hall–Kier alpha value is -4.60. The lowest BCUT2D eigenvalue weighted by Crippen LogP contribution is -2.20. The highest BCUT2D eigenvalue weighted by Crippen LogP contribution is 2.36. The molecule has 7 nitrogen and oxygen atoms in total. The molecule has 0 unspecified atom stereocenters. The van der Waals surface area contributed by atoms with Gasteiger partial charge in [0, 0.05) is 41.8 Å². The molecule has 5 rings (SSSR count). The zero-order chi connectivity index (χ0) is 23.8. The predicted molar refractivity (Wildman–Crippen MR) is 120 cm³/mol. The van der Waals surface area contributed by atoms with E-state index >= 15 is 4.39 Å². The van der Waals surface area contributed by atoms with Crippen LogP contribution in [-0.4, -0.2) is 21.9 Å². The van der Waals surface area contributed by atoms with Crippen molar-refractivity contribution < 1.29 is 22.8 Å². The maximum atomic E-state index is 15.1. The number of nitrogens with one attached hydrogen (secondary N) is 4. The van der Waals surface area contributed by atoms with Crippen LogP contribution in [0.3, 0.4) is 0 Å². The second kappa shape index (κ2) is 8.39. The number of rotatable bonds is 4. The Balaban J connectivity index is 1.42. The third-order valence-electron chi connectivity index (χ3n) is 5.41. The van der Waals surface area contributed by atoms with E-state index in [0.29, 0.717) is 28.1 Å². The fraction of sp³-hybridized carbons (Fsp3) is 0.0417. The number of urea groups is 1. The van der Waals surface area contributed by atoms with Crippen LogP contribution in [0.4, 0.5) is 29.3 Å². The maximum absolute atomic E-state index is 15.1. The maximum Gasteiger partial charge on any atom is 0.323 e. The van der Waals surface area contributed by atoms with Gasteiger partial charge in [0.1, 0.15) is 23.3 Å². The Bertz CT molecular complexity index is 1440. The molecule has 0 bridgehead atoms. The van der Waals surface area contributed by atoms with Gasteiger partial charge < -0.3 is 20.9 Å². The molecule has 10 heteroatoms. The molecule has 34 heavy (non-hydrogen) atoms. The van der Waals surface area contributed by atoms with Crippen LogP contribution < -0.4 is 16.0 Å². The second-order valence-electron chi connectivity index (χ2n) is 7.53. The van der Waals surface area contributed by atoms with Gasteiger partial charge in [-0.1, -0.05) is 6.07 Å². The monoisotopic (exact) mass is 463 g/mol. The molecule has 4 N–H and O–H groups in total. The van der Waals surface area contributed by atoms with E-state index in [9.17, 15) is 18.4 Å². The highest BCUT2D eigenvalue weighted by atomic mass is 19.1. The molecule has 3 amide bonds. The van der Waals surface area contributed by atoms with Gasteiger partial charge in [-0.05, 0) is 47.5 Å². The van der Waals surface area contributed by atoms with Crippen molar-refractivity contribution in [1.29, 1.82) is 0 Å². The van der Waals surface area contributed by atoms with Crippen molar-refractivity contribution in [3.63, 3.8) is 0 Å². The van der Waals surface area contributed by atoms with Crippen molar-refractivity contribution >= 4 is 23.3 Å². The number of aromatic nitrogens is 2. The number of nitrogens with zero attached hydrogens (tertiary/aromatic N) is 1. The Morgan fingerprint density at radius 3 is 2.47 bits per heavy atom. The first-order valence-electron chi connectivity index (χ1n) is 10.2. The first-order chi connectivity index (χ1) is 16.4. The van der Waals surface area contributed by atoms with E-state index in [1.54, 1.807) is 24.5 Å². The normalized spacial score (nSPS) is 12.3. The standard InChI is InChI=1S/C24H16F3N5O2/c25-12-1-6-18(26)20(9-12)32-24(34)31-13-2-3-15(19(27)10-13)14-4-5-16(22-28-7-8-29-22)21-17(14)11-30-23(21)33/h1-10H,11H2,(H,28,29)(H,30,33)(H2,31,32,34). The zero-order valence-corrected chi connectivity index (χ0v) is 17.4. The number of hydrogen-bond donors (Lipinski definition) is 4. The molecule has 1 aliphatic heterocycles. The van der Waals surface area contributed by atoms with Gasteiger partial charge in [-0.15, -0.1) is 0 Å². The molecular weight excluding hydrogens is 447 g/mol. The van der Waals surface area contributed by atoms with E-state index in [2.05, 4.69) is 25.9 Å². The summed E-state index contributed by atoms with van der Waals surface area (Å²) in [5.41, 5.74) is 2.19. The molecule has 0 spiro atoms. The number of anilines is 2. The number of carbonyl (C=O) groups is 2. The van der Waals surface area contributed by atoms with Crippen molar-refractivity contribution in [3.8, 4) is 22.5 Å². The highest BCUT2D eigenvalue weighted by Gasteiger charge is 2.28. The van der Waals surface area contributed by atoms with Gasteiger partial charge in [0.2, 0.25) is 0 Å². The Labute approximate surface area is 191 Å². The van der Waals surface area contributed by atoms with E-state index in [0.717, 1.165) is 24.3 Å². The fourth-order valence-corrected chi connectivity index (χ4v) is 3.90. The minimum absolute atomic E-state index is 0.105. The number of aromatic amines is 1. The van der Waals surface area contributed by atoms with Crippen LogP contribution in [0.5, 0.6) is 0 Å². The molecule has 170 valence electrons. The highest BCUT2D eigenvalue weighted by molar-refractivity contribution is 6.06. The minimum Gasteiger partial charge on any atom is -0.348 e. The lowest BCUT2D eigenvalue weighted by molar-refractivity contribution is 0.0966. The predicted octanol–water partition coefficient (Wildman–Crippen LogP) is 5.05. The Kier molecular flexibility index (Phi) is 5.25. The van der Waals surface area contributed by atoms with E-state index < -0.39 is 23.5 Å². The number of H-pyrrole nitrogens is 1. The van der Waals surface area contributed by atoms with Gasteiger partial charge in [-0.2, -0.15) is 0 Å². The zero-order valence-electron chi connectivity index (χ0n) is 17.4. The largest absolute Gasteiger partial charge is 0.348 e. The van der Waals surface area contributed by atoms with Crippen LogP contribution in [0.25, 0.3) is 22.5 Å². The van der Waals surface area contributed by atoms with Crippen LogP contribution in [-0.2, 0) is 6.54 Å². The summed E-state index contributed by atoms with van der Waals surface area (Å²) in [6.07, 6.45) is 3.22. The molecule has 0 radical (unpaired) electrons. The SMILES string of the molecule is O=C(Nc1ccc(-c2ccc(-c3ncc[nH]3)c3c2CNC3=O)c(F)c1)Nc1cc(F)ccc1F. The first-order valence-corrected chi connectivity index (χ1v) is 10.2. The molecule has 0 atom stereocenters. The van der Waals surface area contributed by atoms with Crippen LogP contribution in [0.1, 0.15) is 15.9 Å². The summed E-state index contributed by atoms with van der Waals surface area (Å²) in [6.45, 7) is 0.235. The third-order valence-corrected chi connectivity index (χ3v) is 5.41. The average Bonchev–Trinajstić information content (AvgIpc) is 3.47. The summed E-state index contributed by atoms with van der Waals surface area (Å²) in [5, 5.41) is 7.33. The summed E-state index contributed by atoms with van der Waals surface area (Å²) in [6, 6.07) is 9.23.